The van der Waals surface area contributed by atoms with Crippen LogP contribution in [-0.4, -0.2) is 82.3 Å². The zero-order valence-electron chi connectivity index (χ0n) is 36.2. The number of likely N-dealkylation sites (N-methyl/N-ethyl adjacent to an activating group) is 3. The lowest BCUT2D eigenvalue weighted by Gasteiger charge is -2.25. The number of carbonyl (C=O) groups excluding carboxylic acids is 1. The zero-order valence-corrected chi connectivity index (χ0v) is 37.0. The first-order chi connectivity index (χ1) is 27.2. The van der Waals surface area contributed by atoms with E-state index in [-0.39, 0.29) is 17.9 Å². The van der Waals surface area contributed by atoms with Crippen molar-refractivity contribution in [2.45, 2.75) is 104 Å². The number of Topliss-reactive ketones (excluding diaryl/α,β-unsaturated/α-hetero) is 1. The number of unbranched alkanes of at least 4 members (excludes halogenated alkanes) is 2. The number of ketones is 1. The fourth-order valence-electron chi connectivity index (χ4n) is 5.98. The molecule has 0 aliphatic rings. The van der Waals surface area contributed by atoms with E-state index in [0.29, 0.717) is 23.8 Å². The maximum atomic E-state index is 12.1. The average molecular weight is 804 g/mol. The number of nitrogens with zero attached hydrogens (tertiary/aromatic N) is 1. The molecule has 316 valence electrons. The molecule has 0 aliphatic carbocycles. The molecule has 0 amide bonds. The second-order valence-corrected chi connectivity index (χ2v) is 16.3. The number of anilines is 1. The number of rotatable bonds is 19. The minimum absolute atomic E-state index is 0.0256. The summed E-state index contributed by atoms with van der Waals surface area (Å²) in [6.07, 6.45) is 7.73. The van der Waals surface area contributed by atoms with Crippen LogP contribution in [0.1, 0.15) is 99.5 Å². The van der Waals surface area contributed by atoms with Crippen LogP contribution in [0.5, 0.6) is 0 Å². The van der Waals surface area contributed by atoms with Crippen LogP contribution in [0.3, 0.4) is 0 Å². The number of carbonyl (C=O) groups is 1. The van der Waals surface area contributed by atoms with Crippen LogP contribution in [0.2, 0.25) is 0 Å². The average Bonchev–Trinajstić information content (AvgIpc) is 3.19. The third-order valence-electron chi connectivity index (χ3n) is 9.30. The summed E-state index contributed by atoms with van der Waals surface area (Å²) < 4.78 is 24.4. The predicted molar refractivity (Wildman–Crippen MR) is 243 cm³/mol. The fraction of sp³-hybridized carbons (Fsp3) is 0.468. The summed E-state index contributed by atoms with van der Waals surface area (Å²) in [6, 6.07) is 36.4. The Labute approximate surface area is 345 Å². The largest absolute Gasteiger partial charge is 0.387 e. The van der Waals surface area contributed by atoms with Gasteiger partial charge in [0.05, 0.1) is 18.4 Å². The van der Waals surface area contributed by atoms with Gasteiger partial charge < -0.3 is 21.5 Å². The Balaban J connectivity index is 0.000000385. The van der Waals surface area contributed by atoms with Crippen LogP contribution in [0.25, 0.3) is 0 Å². The number of hydrogen-bond acceptors (Lipinski definition) is 8. The summed E-state index contributed by atoms with van der Waals surface area (Å²) in [5, 5.41) is 15.8. The number of nitrogens with one attached hydrogen (secondary N) is 3. The Hall–Kier alpha value is -3.90. The van der Waals surface area contributed by atoms with Gasteiger partial charge in [-0.25, -0.2) is 8.42 Å². The molecule has 4 unspecified atom stereocenters. The van der Waals surface area contributed by atoms with E-state index in [2.05, 4.69) is 84.3 Å². The Bertz CT molecular complexity index is 1720. The second-order valence-electron chi connectivity index (χ2n) is 14.5. The minimum Gasteiger partial charge on any atom is -0.387 e. The van der Waals surface area contributed by atoms with E-state index in [4.69, 9.17) is 5.73 Å². The Morgan fingerprint density at radius 1 is 0.754 bits per heavy atom. The number of benzene rings is 4. The van der Waals surface area contributed by atoms with Crippen molar-refractivity contribution in [2.24, 2.45) is 5.73 Å². The van der Waals surface area contributed by atoms with E-state index in [9.17, 15) is 18.3 Å². The molecule has 0 bridgehead atoms. The van der Waals surface area contributed by atoms with E-state index >= 15 is 0 Å². The Kier molecular flexibility index (Phi) is 26.3. The molecule has 4 aromatic rings. The molecular formula is C47H73N5O4S. The van der Waals surface area contributed by atoms with Gasteiger partial charge in [0.1, 0.15) is 0 Å². The highest BCUT2D eigenvalue weighted by Gasteiger charge is 2.19. The summed E-state index contributed by atoms with van der Waals surface area (Å²) >= 11 is 0. The molecular weight excluding hydrogens is 731 g/mol. The predicted octanol–water partition coefficient (Wildman–Crippen LogP) is 8.06. The van der Waals surface area contributed by atoms with Crippen LogP contribution in [0.15, 0.2) is 109 Å². The van der Waals surface area contributed by atoms with Gasteiger partial charge in [0.2, 0.25) is 10.0 Å². The van der Waals surface area contributed by atoms with Gasteiger partial charge in [0.15, 0.2) is 5.78 Å². The zero-order chi connectivity index (χ0) is 42.6. The highest BCUT2D eigenvalue weighted by molar-refractivity contribution is 7.92. The van der Waals surface area contributed by atoms with Gasteiger partial charge in [0.25, 0.3) is 0 Å². The molecule has 0 heterocycles. The Morgan fingerprint density at radius 2 is 1.32 bits per heavy atom. The van der Waals surface area contributed by atoms with Crippen molar-refractivity contribution in [2.75, 3.05) is 44.7 Å². The smallest absolute Gasteiger partial charge is 0.229 e. The normalized spacial score (nSPS) is 13.0. The van der Waals surface area contributed by atoms with Crippen molar-refractivity contribution in [3.8, 4) is 0 Å². The van der Waals surface area contributed by atoms with Crippen LogP contribution in [0, 0.1) is 0 Å². The molecule has 6 N–H and O–H groups in total. The first kappa shape index (κ1) is 51.1. The van der Waals surface area contributed by atoms with Crippen molar-refractivity contribution in [3.63, 3.8) is 0 Å². The molecule has 4 aromatic carbocycles. The molecule has 0 radical (unpaired) electrons. The third-order valence-corrected chi connectivity index (χ3v) is 9.90. The van der Waals surface area contributed by atoms with Crippen molar-refractivity contribution >= 4 is 21.5 Å². The highest BCUT2D eigenvalue weighted by atomic mass is 32.2. The first-order valence-corrected chi connectivity index (χ1v) is 22.3. The molecule has 4 atom stereocenters. The summed E-state index contributed by atoms with van der Waals surface area (Å²) in [4.78, 5) is 14.2. The third kappa shape index (κ3) is 23.2. The van der Waals surface area contributed by atoms with Crippen LogP contribution in [-0.2, 0) is 29.3 Å². The number of aryl methyl sites for hydroxylation is 1. The first-order valence-electron chi connectivity index (χ1n) is 20.5. The summed E-state index contributed by atoms with van der Waals surface area (Å²) in [5.41, 5.74) is 11.8. The number of aliphatic hydroxyl groups excluding tert-OH is 1. The molecule has 10 heteroatoms. The maximum absolute atomic E-state index is 12.1. The van der Waals surface area contributed by atoms with Crippen LogP contribution >= 0.6 is 0 Å². The quantitative estimate of drug-likeness (QED) is 0.0475. The molecule has 0 aliphatic heterocycles. The van der Waals surface area contributed by atoms with E-state index in [1.54, 1.807) is 31.3 Å². The van der Waals surface area contributed by atoms with E-state index in [0.717, 1.165) is 37.8 Å². The SMILES string of the molecule is CC(N)Cc1ccccc1.CCCCCc1ccc(CC(C)NC)cc1.CCN(CC)C(C)C(=O)c1ccccc1.CNCC(O)c1cccc(NS(C)(=O)=O)c1. The van der Waals surface area contributed by atoms with Crippen LogP contribution in [0.4, 0.5) is 5.69 Å². The monoisotopic (exact) mass is 804 g/mol. The fourth-order valence-corrected chi connectivity index (χ4v) is 6.53. The molecule has 0 saturated heterocycles. The lowest BCUT2D eigenvalue weighted by molar-refractivity contribution is 0.0851. The molecule has 9 nitrogen and oxygen atoms in total. The lowest BCUT2D eigenvalue weighted by Crippen LogP contribution is -2.38. The minimum atomic E-state index is -3.28. The Morgan fingerprint density at radius 3 is 1.82 bits per heavy atom. The second kappa shape index (κ2) is 29.3. The summed E-state index contributed by atoms with van der Waals surface area (Å²) in [7, 11) is 0.476. The number of sulfonamides is 1. The molecule has 0 spiro atoms. The van der Waals surface area contributed by atoms with Crippen molar-refractivity contribution in [1.82, 2.24) is 15.5 Å². The number of aliphatic hydroxyl groups is 1. The maximum Gasteiger partial charge on any atom is 0.229 e. The lowest BCUT2D eigenvalue weighted by atomic mass is 10.0. The summed E-state index contributed by atoms with van der Waals surface area (Å²) in [6.45, 7) is 14.9. The van der Waals surface area contributed by atoms with Gasteiger partial charge in [-0.05, 0) is 108 Å². The van der Waals surface area contributed by atoms with E-state index in [1.165, 1.54) is 42.4 Å². The van der Waals surface area contributed by atoms with Crippen molar-refractivity contribution in [1.29, 1.82) is 0 Å². The number of nitrogens with two attached hydrogens (primary N) is 1. The van der Waals surface area contributed by atoms with Crippen molar-refractivity contribution in [3.05, 3.63) is 137 Å². The van der Waals surface area contributed by atoms with Gasteiger partial charge in [-0.15, -0.1) is 0 Å². The van der Waals surface area contributed by atoms with Gasteiger partial charge in [-0.3, -0.25) is 14.4 Å². The van der Waals surface area contributed by atoms with Gasteiger partial charge in [-0.2, -0.15) is 0 Å². The molecule has 4 rings (SSSR count). The topological polar surface area (TPSA) is 137 Å². The molecule has 0 aromatic heterocycles. The van der Waals surface area contributed by atoms with E-state index < -0.39 is 16.1 Å². The van der Waals surface area contributed by atoms with E-state index in [1.807, 2.05) is 69.4 Å². The van der Waals surface area contributed by atoms with Crippen LogP contribution < -0.4 is 21.1 Å². The molecule has 57 heavy (non-hydrogen) atoms. The van der Waals surface area contributed by atoms with Crippen molar-refractivity contribution < 1.29 is 18.3 Å². The van der Waals surface area contributed by atoms with Gasteiger partial charge >= 0.3 is 0 Å². The van der Waals surface area contributed by atoms with Gasteiger partial charge in [0, 0.05) is 29.9 Å². The highest BCUT2D eigenvalue weighted by Crippen LogP contribution is 2.18. The molecule has 0 fully saturated rings. The number of hydrogen-bond donors (Lipinski definition) is 5. The standard InChI is InChI=1S/C15H25N.C13H19NO.C10H16N2O3S.C9H13N/c1-4-5-6-7-14-8-10-15(11-9-14)12-13(2)16-3;1-4-14(5-2)11(3)13(15)12-9-7-6-8-10-12;1-11-7-10(13)8-4-3-5-9(6-8)12-16(2,14)15;1-8(10)7-9-5-3-2-4-6-9/h8-11,13,16H,4-7,12H2,1-3H3;6-11H,4-5H2,1-3H3;3-6,10-13H,7H2,1-2H3;2-6,8H,7,10H2,1H3. The molecule has 0 saturated carbocycles. The summed E-state index contributed by atoms with van der Waals surface area (Å²) in [5.74, 6) is 0.208. The van der Waals surface area contributed by atoms with Gasteiger partial charge in [-0.1, -0.05) is 131 Å².